The summed E-state index contributed by atoms with van der Waals surface area (Å²) in [5.74, 6) is 0.510. The molecule has 0 saturated heterocycles. The van der Waals surface area contributed by atoms with Crippen molar-refractivity contribution in [1.82, 2.24) is 0 Å². The highest BCUT2D eigenvalue weighted by Gasteiger charge is 2.29. The summed E-state index contributed by atoms with van der Waals surface area (Å²) in [4.78, 5) is 0. The fourth-order valence-electron chi connectivity index (χ4n) is 4.69. The first-order valence-electron chi connectivity index (χ1n) is 10.8. The molecular weight excluding hydrogens is 335 g/mol. The van der Waals surface area contributed by atoms with Crippen LogP contribution in [-0.2, 0) is 6.42 Å². The van der Waals surface area contributed by atoms with E-state index in [2.05, 4.69) is 34.6 Å². The van der Waals surface area contributed by atoms with Gasteiger partial charge in [-0.15, -0.1) is 0 Å². The molecule has 27 heavy (non-hydrogen) atoms. The van der Waals surface area contributed by atoms with Crippen molar-refractivity contribution in [3.63, 3.8) is 0 Å². The van der Waals surface area contributed by atoms with E-state index in [0.29, 0.717) is 12.3 Å². The highest BCUT2D eigenvalue weighted by atomic mass is 19.1. The first kappa shape index (κ1) is 22.4. The summed E-state index contributed by atoms with van der Waals surface area (Å²) in [5.41, 5.74) is 14.9. The predicted molar refractivity (Wildman–Crippen MR) is 114 cm³/mol. The molecule has 1 aromatic rings. The molecule has 2 rings (SSSR count). The van der Waals surface area contributed by atoms with Crippen molar-refractivity contribution >= 4 is 0 Å². The Hall–Kier alpha value is -0.930. The molecule has 0 bridgehead atoms. The van der Waals surface area contributed by atoms with Gasteiger partial charge in [-0.25, -0.2) is 4.39 Å². The van der Waals surface area contributed by atoms with Crippen LogP contribution in [0.15, 0.2) is 18.2 Å². The molecule has 2 atom stereocenters. The summed E-state index contributed by atoms with van der Waals surface area (Å²) in [6.07, 6.45) is 8.99. The van der Waals surface area contributed by atoms with Gasteiger partial charge in [-0.05, 0) is 66.0 Å². The second-order valence-electron chi connectivity index (χ2n) is 10.8. The summed E-state index contributed by atoms with van der Waals surface area (Å²) >= 11 is 0. The summed E-state index contributed by atoms with van der Waals surface area (Å²) in [6.45, 7) is 11.0. The van der Waals surface area contributed by atoms with E-state index < -0.39 is 0 Å². The van der Waals surface area contributed by atoms with Crippen LogP contribution in [0.1, 0.15) is 96.7 Å². The topological polar surface area (TPSA) is 52.0 Å². The molecule has 2 unspecified atom stereocenters. The number of hydrogen-bond acceptors (Lipinski definition) is 2. The zero-order valence-electron chi connectivity index (χ0n) is 18.2. The van der Waals surface area contributed by atoms with Crippen molar-refractivity contribution in [2.45, 2.75) is 98.1 Å². The lowest BCUT2D eigenvalue weighted by Crippen LogP contribution is -2.36. The molecule has 0 spiro atoms. The van der Waals surface area contributed by atoms with Gasteiger partial charge in [-0.3, -0.25) is 0 Å². The van der Waals surface area contributed by atoms with Gasteiger partial charge < -0.3 is 11.5 Å². The molecular formula is C24H41FN2. The second-order valence-corrected chi connectivity index (χ2v) is 10.8. The molecule has 0 amide bonds. The largest absolute Gasteiger partial charge is 0.327 e. The first-order chi connectivity index (χ1) is 12.5. The monoisotopic (exact) mass is 376 g/mol. The Morgan fingerprint density at radius 3 is 2.22 bits per heavy atom. The first-order valence-corrected chi connectivity index (χ1v) is 10.8. The van der Waals surface area contributed by atoms with Crippen LogP contribution in [0, 0.1) is 22.6 Å². The van der Waals surface area contributed by atoms with E-state index >= 15 is 0 Å². The molecule has 154 valence electrons. The molecule has 1 aliphatic rings. The molecule has 3 heteroatoms. The number of halogens is 1. The molecule has 4 N–H and O–H groups in total. The summed E-state index contributed by atoms with van der Waals surface area (Å²) in [7, 11) is 0. The smallest absolute Gasteiger partial charge is 0.126 e. The van der Waals surface area contributed by atoms with Gasteiger partial charge in [0, 0.05) is 12.1 Å². The molecule has 1 aromatic carbocycles. The van der Waals surface area contributed by atoms with Gasteiger partial charge in [0.05, 0.1) is 0 Å². The van der Waals surface area contributed by atoms with Gasteiger partial charge in [-0.1, -0.05) is 66.0 Å². The van der Waals surface area contributed by atoms with Crippen LogP contribution in [0.2, 0.25) is 0 Å². The Labute approximate surface area is 166 Å². The predicted octanol–water partition coefficient (Wildman–Crippen LogP) is 6.13. The van der Waals surface area contributed by atoms with Crippen LogP contribution in [0.5, 0.6) is 0 Å². The minimum atomic E-state index is -0.124. The Morgan fingerprint density at radius 1 is 1.00 bits per heavy atom. The fraction of sp³-hybridized carbons (Fsp3) is 0.750. The summed E-state index contributed by atoms with van der Waals surface area (Å²) in [6, 6.07) is 5.58. The maximum absolute atomic E-state index is 14.5. The van der Waals surface area contributed by atoms with Crippen molar-refractivity contribution in [2.75, 3.05) is 0 Å². The molecule has 0 aromatic heterocycles. The highest BCUT2D eigenvalue weighted by molar-refractivity contribution is 5.28. The number of benzene rings is 1. The molecule has 1 aliphatic carbocycles. The summed E-state index contributed by atoms with van der Waals surface area (Å²) in [5, 5.41) is 0. The van der Waals surface area contributed by atoms with Crippen LogP contribution >= 0.6 is 0 Å². The average molecular weight is 377 g/mol. The third kappa shape index (κ3) is 7.19. The average Bonchev–Trinajstić information content (AvgIpc) is 2.55. The Balaban J connectivity index is 2.06. The Morgan fingerprint density at radius 2 is 1.63 bits per heavy atom. The van der Waals surface area contributed by atoms with E-state index in [1.807, 2.05) is 12.1 Å². The van der Waals surface area contributed by atoms with Gasteiger partial charge in [0.1, 0.15) is 5.82 Å². The molecule has 2 nitrogen and oxygen atoms in total. The van der Waals surface area contributed by atoms with Gasteiger partial charge in [0.2, 0.25) is 0 Å². The Bertz CT molecular complexity index is 597. The lowest BCUT2D eigenvalue weighted by Gasteiger charge is -2.34. The lowest BCUT2D eigenvalue weighted by molar-refractivity contribution is 0.222. The lowest BCUT2D eigenvalue weighted by atomic mass is 9.74. The van der Waals surface area contributed by atoms with E-state index in [-0.39, 0.29) is 28.7 Å². The van der Waals surface area contributed by atoms with E-state index in [9.17, 15) is 4.39 Å². The van der Waals surface area contributed by atoms with Crippen molar-refractivity contribution in [2.24, 2.45) is 28.2 Å². The van der Waals surface area contributed by atoms with Gasteiger partial charge >= 0.3 is 0 Å². The normalized spacial score (nSPS) is 19.1. The van der Waals surface area contributed by atoms with Crippen LogP contribution in [0.3, 0.4) is 0 Å². The standard InChI is InChI=1S/C24H41FN2/c1-23(2,3)15-21(26)18-11-12-20(25)19(13-18)14-24(4,5)16-22(27)17-9-7-6-8-10-17/h11-13,17,21-22H,6-10,14-16,26-27H2,1-5H3. The van der Waals surface area contributed by atoms with E-state index in [1.54, 1.807) is 6.07 Å². The summed E-state index contributed by atoms with van der Waals surface area (Å²) < 4.78 is 14.5. The fourth-order valence-corrected chi connectivity index (χ4v) is 4.69. The maximum Gasteiger partial charge on any atom is 0.126 e. The third-order valence-corrected chi connectivity index (χ3v) is 6.04. The number of hydrogen-bond donors (Lipinski definition) is 2. The van der Waals surface area contributed by atoms with E-state index in [1.165, 1.54) is 32.1 Å². The second kappa shape index (κ2) is 9.05. The molecule has 0 aliphatic heterocycles. The zero-order valence-corrected chi connectivity index (χ0v) is 18.2. The number of nitrogens with two attached hydrogens (primary N) is 2. The van der Waals surface area contributed by atoms with Gasteiger partial charge in [0.15, 0.2) is 0 Å². The van der Waals surface area contributed by atoms with Crippen LogP contribution in [0.4, 0.5) is 4.39 Å². The Kier molecular flexibility index (Phi) is 7.49. The SMILES string of the molecule is CC(C)(C)CC(N)c1ccc(F)c(CC(C)(C)CC(N)C2CCCCC2)c1. The molecule has 1 fully saturated rings. The quantitative estimate of drug-likeness (QED) is 0.601. The van der Waals surface area contributed by atoms with Gasteiger partial charge in [-0.2, -0.15) is 0 Å². The minimum absolute atomic E-state index is 0.0234. The van der Waals surface area contributed by atoms with Crippen molar-refractivity contribution in [3.05, 3.63) is 35.1 Å². The molecule has 1 saturated carbocycles. The van der Waals surface area contributed by atoms with Crippen molar-refractivity contribution in [3.8, 4) is 0 Å². The molecule has 0 heterocycles. The van der Waals surface area contributed by atoms with E-state index in [0.717, 1.165) is 24.0 Å². The van der Waals surface area contributed by atoms with Crippen LogP contribution in [0.25, 0.3) is 0 Å². The third-order valence-electron chi connectivity index (χ3n) is 6.04. The van der Waals surface area contributed by atoms with Crippen LogP contribution < -0.4 is 11.5 Å². The molecule has 0 radical (unpaired) electrons. The van der Waals surface area contributed by atoms with Crippen molar-refractivity contribution < 1.29 is 4.39 Å². The van der Waals surface area contributed by atoms with E-state index in [4.69, 9.17) is 11.5 Å². The highest BCUT2D eigenvalue weighted by Crippen LogP contribution is 2.35. The van der Waals surface area contributed by atoms with Crippen molar-refractivity contribution in [1.29, 1.82) is 0 Å². The minimum Gasteiger partial charge on any atom is -0.327 e. The maximum atomic E-state index is 14.5. The zero-order chi connectivity index (χ0) is 20.2. The van der Waals surface area contributed by atoms with Crippen LogP contribution in [-0.4, -0.2) is 6.04 Å². The number of rotatable bonds is 7. The van der Waals surface area contributed by atoms with Gasteiger partial charge in [0.25, 0.3) is 0 Å².